The van der Waals surface area contributed by atoms with Crippen LogP contribution in [-0.2, 0) is 51.0 Å². The van der Waals surface area contributed by atoms with E-state index in [4.69, 9.17) is 23.7 Å². The normalized spacial score (nSPS) is 16.1. The second kappa shape index (κ2) is 21.5. The molecular weight excluding hydrogens is 776 g/mol. The lowest BCUT2D eigenvalue weighted by molar-refractivity contribution is -0.136. The van der Waals surface area contributed by atoms with Gasteiger partial charge in [0.2, 0.25) is 17.7 Å². The van der Waals surface area contributed by atoms with Gasteiger partial charge in [-0.25, -0.2) is 8.78 Å². The first-order valence-electron chi connectivity index (χ1n) is 19.4. The van der Waals surface area contributed by atoms with E-state index in [9.17, 15) is 32.8 Å². The van der Waals surface area contributed by atoms with Crippen LogP contribution in [0.25, 0.3) is 11.1 Å². The van der Waals surface area contributed by atoms with Gasteiger partial charge in [-0.3, -0.25) is 43.9 Å². The zero-order chi connectivity index (χ0) is 41.6. The van der Waals surface area contributed by atoms with Gasteiger partial charge in [0.05, 0.1) is 89.1 Å². The predicted molar refractivity (Wildman–Crippen MR) is 208 cm³/mol. The van der Waals surface area contributed by atoms with Crippen molar-refractivity contribution in [2.75, 3.05) is 84.5 Å². The van der Waals surface area contributed by atoms with Crippen molar-refractivity contribution >= 4 is 47.1 Å². The summed E-state index contributed by atoms with van der Waals surface area (Å²) in [7, 11) is 0. The number of rotatable bonds is 24. The molecule has 17 nitrogen and oxygen atoms in total. The van der Waals surface area contributed by atoms with Crippen molar-refractivity contribution in [2.24, 2.45) is 4.99 Å². The molecule has 19 heteroatoms. The number of anilines is 1. The molecule has 3 aliphatic heterocycles. The van der Waals surface area contributed by atoms with Crippen LogP contribution in [-0.4, -0.2) is 136 Å². The van der Waals surface area contributed by atoms with E-state index in [1.807, 2.05) is 0 Å². The van der Waals surface area contributed by atoms with E-state index in [1.54, 1.807) is 36.7 Å². The molecule has 1 atom stereocenters. The third-order valence-electron chi connectivity index (χ3n) is 9.58. The van der Waals surface area contributed by atoms with E-state index in [2.05, 4.69) is 26.0 Å². The maximum atomic E-state index is 13.8. The van der Waals surface area contributed by atoms with Crippen LogP contribution in [0, 0.1) is 0 Å². The smallest absolute Gasteiger partial charge is 0.264 e. The van der Waals surface area contributed by atoms with Crippen molar-refractivity contribution in [3.63, 3.8) is 0 Å². The summed E-state index contributed by atoms with van der Waals surface area (Å²) in [6.45, 7) is 4.34. The first kappa shape index (κ1) is 43.1. The van der Waals surface area contributed by atoms with Crippen LogP contribution in [0.2, 0.25) is 0 Å². The Labute approximate surface area is 338 Å². The Morgan fingerprint density at radius 3 is 2.15 bits per heavy atom. The molecule has 0 bridgehead atoms. The van der Waals surface area contributed by atoms with Crippen LogP contribution in [0.3, 0.4) is 0 Å². The molecule has 59 heavy (non-hydrogen) atoms. The lowest BCUT2D eigenvalue weighted by Crippen LogP contribution is -2.54. The minimum Gasteiger partial charge on any atom is -0.383 e. The number of hydrogen-bond donors (Lipinski definition) is 3. The molecule has 0 aliphatic carbocycles. The largest absolute Gasteiger partial charge is 0.383 e. The van der Waals surface area contributed by atoms with Crippen LogP contribution in [0.4, 0.5) is 20.2 Å². The molecule has 316 valence electrons. The summed E-state index contributed by atoms with van der Waals surface area (Å²) in [5.74, 6) is -2.47. The number of aliphatic imine (C=N–C) groups is 1. The molecule has 3 aliphatic rings. The molecule has 4 heterocycles. The number of nitrogens with zero attached hydrogens (tertiary/aromatic N) is 4. The Morgan fingerprint density at radius 2 is 1.47 bits per heavy atom. The van der Waals surface area contributed by atoms with Gasteiger partial charge in [0.1, 0.15) is 12.6 Å². The van der Waals surface area contributed by atoms with Gasteiger partial charge in [-0.1, -0.05) is 0 Å². The third kappa shape index (κ3) is 11.8. The van der Waals surface area contributed by atoms with E-state index in [0.29, 0.717) is 88.5 Å². The van der Waals surface area contributed by atoms with Crippen molar-refractivity contribution in [3.05, 3.63) is 65.0 Å². The molecule has 0 radical (unpaired) electrons. The fourth-order valence-corrected chi connectivity index (χ4v) is 6.67. The van der Waals surface area contributed by atoms with Gasteiger partial charge in [0, 0.05) is 48.7 Å². The van der Waals surface area contributed by atoms with Crippen LogP contribution in [0.5, 0.6) is 0 Å². The number of carbonyl (C=O) groups excluding carboxylic acids is 5. The Balaban J connectivity index is 0.720. The van der Waals surface area contributed by atoms with E-state index in [0.717, 1.165) is 23.3 Å². The molecule has 6 rings (SSSR count). The van der Waals surface area contributed by atoms with E-state index in [-0.39, 0.29) is 55.1 Å². The molecular formula is C40H47F2N7O10. The topological polar surface area (TPSA) is 201 Å². The minimum absolute atomic E-state index is 0.0605. The number of aryl methyl sites for hydroxylation is 1. The number of aromatic nitrogens is 2. The molecule has 1 aromatic heterocycles. The molecule has 2 aromatic carbocycles. The van der Waals surface area contributed by atoms with Gasteiger partial charge in [-0.05, 0) is 60.7 Å². The summed E-state index contributed by atoms with van der Waals surface area (Å²) < 4.78 is 56.6. The van der Waals surface area contributed by atoms with Crippen LogP contribution >= 0.6 is 0 Å². The Hall–Kier alpha value is -5.47. The molecule has 1 unspecified atom stereocenters. The second-order valence-corrected chi connectivity index (χ2v) is 13.7. The number of ether oxygens (including phenoxy) is 5. The summed E-state index contributed by atoms with van der Waals surface area (Å²) in [6.07, 6.45) is 3.77. The highest BCUT2D eigenvalue weighted by atomic mass is 19.3. The molecule has 5 amide bonds. The Kier molecular flexibility index (Phi) is 15.7. The SMILES string of the molecule is O=C(Cn1cc(-c2cc3c(cc2C(F)F)N=CCC3)cn1)NCCOCCOCCOCCOCCOCCNc1ccc2c(c1)C(=O)N(C1CCC(=O)NC1=O)C2=O. The average Bonchev–Trinajstić information content (AvgIpc) is 3.79. The second-order valence-electron chi connectivity index (χ2n) is 13.7. The standard InChI is InChI=1S/C40H47F2N7O10/c41-37(42)31-22-33-26(2-1-7-44-33)20-30(31)27-23-46-48(24-27)25-36(51)45-9-11-56-13-15-58-17-19-59-18-16-57-14-12-55-10-8-43-28-3-4-29-32(21-28)40(54)49(39(29)53)34-5-6-35(50)47-38(34)52/h3-4,7,20-24,34,37,43H,1-2,5-6,8-19,25H2,(H,45,51)(H,47,50,52). The van der Waals surface area contributed by atoms with E-state index >= 15 is 0 Å². The number of piperidine rings is 1. The Bertz CT molecular complexity index is 2010. The number of carbonyl (C=O) groups is 5. The van der Waals surface area contributed by atoms with E-state index in [1.165, 1.54) is 16.9 Å². The van der Waals surface area contributed by atoms with Gasteiger partial charge in [-0.15, -0.1) is 0 Å². The number of imide groups is 2. The van der Waals surface area contributed by atoms with Gasteiger partial charge >= 0.3 is 0 Å². The van der Waals surface area contributed by atoms with Crippen molar-refractivity contribution in [2.45, 2.75) is 44.7 Å². The number of nitrogens with one attached hydrogen (secondary N) is 3. The summed E-state index contributed by atoms with van der Waals surface area (Å²) in [6, 6.07) is 6.96. The summed E-state index contributed by atoms with van der Waals surface area (Å²) in [5.41, 5.74) is 3.30. The number of amides is 5. The van der Waals surface area contributed by atoms with Gasteiger partial charge in [0.25, 0.3) is 18.2 Å². The zero-order valence-corrected chi connectivity index (χ0v) is 32.4. The summed E-state index contributed by atoms with van der Waals surface area (Å²) in [5, 5.41) is 12.3. The Morgan fingerprint density at radius 1 is 0.814 bits per heavy atom. The van der Waals surface area contributed by atoms with Crippen LogP contribution in [0.1, 0.15) is 57.5 Å². The lowest BCUT2D eigenvalue weighted by Gasteiger charge is -2.27. The van der Waals surface area contributed by atoms with Crippen molar-refractivity contribution < 1.29 is 56.4 Å². The molecule has 3 N–H and O–H groups in total. The molecule has 0 spiro atoms. The first-order chi connectivity index (χ1) is 28.7. The van der Waals surface area contributed by atoms with Crippen LogP contribution < -0.4 is 16.0 Å². The first-order valence-corrected chi connectivity index (χ1v) is 19.4. The zero-order valence-electron chi connectivity index (χ0n) is 32.4. The number of hydrogen-bond acceptors (Lipinski definition) is 13. The number of fused-ring (bicyclic) bond motifs is 2. The fourth-order valence-electron chi connectivity index (χ4n) is 6.67. The number of alkyl halides is 2. The van der Waals surface area contributed by atoms with Gasteiger partial charge in [-0.2, -0.15) is 5.10 Å². The minimum atomic E-state index is -2.67. The summed E-state index contributed by atoms with van der Waals surface area (Å²) in [4.78, 5) is 67.1. The average molecular weight is 824 g/mol. The van der Waals surface area contributed by atoms with Gasteiger partial charge in [0.15, 0.2) is 0 Å². The highest BCUT2D eigenvalue weighted by Gasteiger charge is 2.44. The monoisotopic (exact) mass is 823 g/mol. The van der Waals surface area contributed by atoms with Crippen molar-refractivity contribution in [1.29, 1.82) is 0 Å². The van der Waals surface area contributed by atoms with E-state index < -0.39 is 36.1 Å². The maximum Gasteiger partial charge on any atom is 0.264 e. The summed E-state index contributed by atoms with van der Waals surface area (Å²) >= 11 is 0. The highest BCUT2D eigenvalue weighted by Crippen LogP contribution is 2.38. The fraction of sp³-hybridized carbons (Fsp3) is 0.475. The molecule has 3 aromatic rings. The lowest BCUT2D eigenvalue weighted by atomic mass is 9.95. The quantitative estimate of drug-likeness (QED) is 0.0883. The maximum absolute atomic E-state index is 13.8. The number of benzene rings is 2. The van der Waals surface area contributed by atoms with Crippen LogP contribution in [0.15, 0.2) is 47.7 Å². The molecule has 0 saturated carbocycles. The third-order valence-corrected chi connectivity index (χ3v) is 9.58. The molecule has 1 saturated heterocycles. The predicted octanol–water partition coefficient (Wildman–Crippen LogP) is 2.85. The number of halogens is 2. The van der Waals surface area contributed by atoms with Crippen molar-refractivity contribution in [1.82, 2.24) is 25.3 Å². The molecule has 1 fully saturated rings. The van der Waals surface area contributed by atoms with Gasteiger partial charge < -0.3 is 34.3 Å². The highest BCUT2D eigenvalue weighted by molar-refractivity contribution is 6.23. The van der Waals surface area contributed by atoms with Crippen molar-refractivity contribution in [3.8, 4) is 11.1 Å².